The van der Waals surface area contributed by atoms with Gasteiger partial charge in [-0.2, -0.15) is 0 Å². The first kappa shape index (κ1) is 8.09. The summed E-state index contributed by atoms with van der Waals surface area (Å²) in [6.45, 7) is 6.42. The van der Waals surface area contributed by atoms with E-state index in [9.17, 15) is 0 Å². The number of hydrogen-bond acceptors (Lipinski definition) is 2. The van der Waals surface area contributed by atoms with Crippen LogP contribution in [0, 0.1) is 5.92 Å². The van der Waals surface area contributed by atoms with Crippen molar-refractivity contribution in [2.24, 2.45) is 5.92 Å². The Balaban J connectivity index is 2.32. The lowest BCUT2D eigenvalue weighted by Crippen LogP contribution is -2.46. The summed E-state index contributed by atoms with van der Waals surface area (Å²) in [7, 11) is 2.11. The maximum Gasteiger partial charge on any atom is 0.140 e. The van der Waals surface area contributed by atoms with Crippen LogP contribution in [-0.4, -0.2) is 33.0 Å². The lowest BCUT2D eigenvalue weighted by Gasteiger charge is -2.31. The molecular formula is C7H16BNO. The molecule has 3 heteroatoms. The highest BCUT2D eigenvalue weighted by Crippen LogP contribution is 2.10. The second-order valence-electron chi connectivity index (χ2n) is 3.39. The summed E-state index contributed by atoms with van der Waals surface area (Å²) in [5.41, 5.74) is 0. The van der Waals surface area contributed by atoms with E-state index in [1.54, 1.807) is 0 Å². The van der Waals surface area contributed by atoms with E-state index >= 15 is 0 Å². The molecule has 0 bridgehead atoms. The summed E-state index contributed by atoms with van der Waals surface area (Å²) in [6.07, 6.45) is 0.420. The molecule has 10 heavy (non-hydrogen) atoms. The number of morpholine rings is 1. The van der Waals surface area contributed by atoms with Gasteiger partial charge in [0.1, 0.15) is 7.85 Å². The summed E-state index contributed by atoms with van der Waals surface area (Å²) in [5.74, 6) is 0.634. The predicted octanol–water partition coefficient (Wildman–Crippen LogP) is -0.410. The minimum absolute atomic E-state index is 0.390. The van der Waals surface area contributed by atoms with E-state index in [1.807, 2.05) is 0 Å². The van der Waals surface area contributed by atoms with Crippen molar-refractivity contribution >= 4 is 7.85 Å². The van der Waals surface area contributed by atoms with Gasteiger partial charge in [0.2, 0.25) is 0 Å². The van der Waals surface area contributed by atoms with Crippen LogP contribution < -0.4 is 5.32 Å². The molecule has 58 valence electrons. The Kier molecular flexibility index (Phi) is 2.75. The van der Waals surface area contributed by atoms with Gasteiger partial charge in [-0.3, -0.25) is 0 Å². The highest BCUT2D eigenvalue weighted by molar-refractivity contribution is 6.11. The molecule has 1 saturated heterocycles. The highest BCUT2D eigenvalue weighted by Gasteiger charge is 2.20. The third-order valence-corrected chi connectivity index (χ3v) is 1.93. The number of ether oxygens (including phenoxy) is 1. The summed E-state index contributed by atoms with van der Waals surface area (Å²) in [6, 6.07) is 0.390. The predicted molar refractivity (Wildman–Crippen MR) is 44.9 cm³/mol. The molecule has 0 radical (unpaired) electrons. The van der Waals surface area contributed by atoms with Crippen molar-refractivity contribution in [3.8, 4) is 0 Å². The van der Waals surface area contributed by atoms with Crippen molar-refractivity contribution in [3.63, 3.8) is 0 Å². The van der Waals surface area contributed by atoms with Gasteiger partial charge in [0.05, 0.1) is 6.10 Å². The molecular weight excluding hydrogens is 125 g/mol. The SMILES string of the molecule is BC1CNCC(C(C)C)O1. The quantitative estimate of drug-likeness (QED) is 0.501. The Bertz CT molecular complexity index is 108. The molecule has 2 nitrogen and oxygen atoms in total. The fourth-order valence-electron chi connectivity index (χ4n) is 1.22. The van der Waals surface area contributed by atoms with Crippen LogP contribution in [0.4, 0.5) is 0 Å². The number of nitrogens with one attached hydrogen (secondary N) is 1. The third-order valence-electron chi connectivity index (χ3n) is 1.93. The summed E-state index contributed by atoms with van der Waals surface area (Å²) in [5, 5.41) is 3.34. The minimum atomic E-state index is 0.390. The average molecular weight is 141 g/mol. The highest BCUT2D eigenvalue weighted by atomic mass is 16.5. The fourth-order valence-corrected chi connectivity index (χ4v) is 1.22. The molecule has 0 amide bonds. The Morgan fingerprint density at radius 2 is 2.20 bits per heavy atom. The van der Waals surface area contributed by atoms with Gasteiger partial charge >= 0.3 is 0 Å². The molecule has 0 aliphatic carbocycles. The standard InChI is InChI=1S/C7H16BNO/c1-5(2)6-3-9-4-7(8)10-6/h5-7,9H,3-4,8H2,1-2H3. The topological polar surface area (TPSA) is 21.3 Å². The van der Waals surface area contributed by atoms with Gasteiger partial charge in [-0.05, 0) is 5.92 Å². The van der Waals surface area contributed by atoms with Gasteiger partial charge < -0.3 is 10.1 Å². The molecule has 0 aromatic carbocycles. The first-order valence-electron chi connectivity index (χ1n) is 4.06. The molecule has 1 heterocycles. The van der Waals surface area contributed by atoms with E-state index in [-0.39, 0.29) is 0 Å². The molecule has 1 rings (SSSR count). The molecule has 1 N–H and O–H groups in total. The molecule has 0 aromatic heterocycles. The van der Waals surface area contributed by atoms with Crippen LogP contribution >= 0.6 is 0 Å². The van der Waals surface area contributed by atoms with E-state index in [4.69, 9.17) is 4.74 Å². The lowest BCUT2D eigenvalue weighted by molar-refractivity contribution is -0.0211. The molecule has 1 aliphatic rings. The molecule has 0 spiro atoms. The van der Waals surface area contributed by atoms with Crippen molar-refractivity contribution < 1.29 is 4.74 Å². The molecule has 2 unspecified atom stereocenters. The van der Waals surface area contributed by atoms with Crippen LogP contribution in [0.3, 0.4) is 0 Å². The average Bonchev–Trinajstić information content (AvgIpc) is 1.88. The van der Waals surface area contributed by atoms with E-state index in [2.05, 4.69) is 27.0 Å². The molecule has 0 saturated carbocycles. The van der Waals surface area contributed by atoms with E-state index < -0.39 is 0 Å². The molecule has 1 aliphatic heterocycles. The Morgan fingerprint density at radius 1 is 1.50 bits per heavy atom. The second kappa shape index (κ2) is 3.40. The van der Waals surface area contributed by atoms with Gasteiger partial charge in [0, 0.05) is 19.1 Å². The van der Waals surface area contributed by atoms with Crippen LogP contribution in [0.25, 0.3) is 0 Å². The van der Waals surface area contributed by atoms with E-state index in [0.717, 1.165) is 13.1 Å². The van der Waals surface area contributed by atoms with Crippen molar-refractivity contribution in [2.75, 3.05) is 13.1 Å². The number of rotatable bonds is 1. The second-order valence-corrected chi connectivity index (χ2v) is 3.39. The van der Waals surface area contributed by atoms with Crippen LogP contribution in [-0.2, 0) is 4.74 Å². The molecule has 2 atom stereocenters. The van der Waals surface area contributed by atoms with Gasteiger partial charge in [-0.15, -0.1) is 0 Å². The zero-order chi connectivity index (χ0) is 7.56. The van der Waals surface area contributed by atoms with Gasteiger partial charge in [-0.1, -0.05) is 13.8 Å². The van der Waals surface area contributed by atoms with Crippen LogP contribution in [0.5, 0.6) is 0 Å². The Labute approximate surface area is 63.7 Å². The smallest absolute Gasteiger partial charge is 0.140 e. The maximum atomic E-state index is 5.69. The minimum Gasteiger partial charge on any atom is -0.381 e. The van der Waals surface area contributed by atoms with Crippen molar-refractivity contribution in [1.82, 2.24) is 5.32 Å². The van der Waals surface area contributed by atoms with E-state index in [1.165, 1.54) is 0 Å². The summed E-state index contributed by atoms with van der Waals surface area (Å²) < 4.78 is 5.69. The van der Waals surface area contributed by atoms with Crippen molar-refractivity contribution in [1.29, 1.82) is 0 Å². The van der Waals surface area contributed by atoms with Gasteiger partial charge in [0.15, 0.2) is 0 Å². The van der Waals surface area contributed by atoms with Crippen molar-refractivity contribution in [2.45, 2.75) is 26.0 Å². The monoisotopic (exact) mass is 141 g/mol. The Morgan fingerprint density at radius 3 is 2.60 bits per heavy atom. The van der Waals surface area contributed by atoms with Crippen LogP contribution in [0.2, 0.25) is 0 Å². The first-order chi connectivity index (χ1) is 4.70. The van der Waals surface area contributed by atoms with E-state index in [0.29, 0.717) is 18.0 Å². The maximum absolute atomic E-state index is 5.69. The largest absolute Gasteiger partial charge is 0.381 e. The zero-order valence-corrected chi connectivity index (χ0v) is 7.05. The molecule has 0 aromatic rings. The molecule has 1 fully saturated rings. The zero-order valence-electron chi connectivity index (χ0n) is 7.05. The first-order valence-corrected chi connectivity index (χ1v) is 4.06. The summed E-state index contributed by atoms with van der Waals surface area (Å²) >= 11 is 0. The van der Waals surface area contributed by atoms with Crippen LogP contribution in [0.1, 0.15) is 13.8 Å². The van der Waals surface area contributed by atoms with Crippen LogP contribution in [0.15, 0.2) is 0 Å². The third kappa shape index (κ3) is 1.99. The van der Waals surface area contributed by atoms with Crippen molar-refractivity contribution in [3.05, 3.63) is 0 Å². The lowest BCUT2D eigenvalue weighted by atomic mass is 9.96. The fraction of sp³-hybridized carbons (Fsp3) is 1.00. The normalized spacial score (nSPS) is 34.7. The number of hydrogen-bond donors (Lipinski definition) is 1. The summed E-state index contributed by atoms with van der Waals surface area (Å²) in [4.78, 5) is 0. The van der Waals surface area contributed by atoms with Gasteiger partial charge in [0.25, 0.3) is 0 Å². The van der Waals surface area contributed by atoms with Gasteiger partial charge in [-0.25, -0.2) is 0 Å². The Hall–Kier alpha value is -0.0151.